The molecular weight excluding hydrogens is 288 g/mol. The molecule has 2 N–H and O–H groups in total. The Morgan fingerprint density at radius 2 is 2.19 bits per heavy atom. The summed E-state index contributed by atoms with van der Waals surface area (Å²) in [7, 11) is 0. The van der Waals surface area contributed by atoms with E-state index in [2.05, 4.69) is 10.6 Å². The number of benzene rings is 1. The molecule has 1 aliphatic rings. The number of carbonyl (C=O) groups excluding carboxylic acids is 1. The third-order valence-corrected chi connectivity index (χ3v) is 4.06. The fourth-order valence-electron chi connectivity index (χ4n) is 2.22. The number of ether oxygens (including phenoxy) is 2. The molecular formula is C15H16N2O3S. The molecule has 21 heavy (non-hydrogen) atoms. The van der Waals surface area contributed by atoms with Crippen LogP contribution < -0.4 is 20.1 Å². The van der Waals surface area contributed by atoms with Crippen molar-refractivity contribution in [3.63, 3.8) is 0 Å². The van der Waals surface area contributed by atoms with Crippen molar-refractivity contribution < 1.29 is 14.3 Å². The van der Waals surface area contributed by atoms with Crippen molar-refractivity contribution in [1.29, 1.82) is 0 Å². The maximum Gasteiger partial charge on any atom is 0.231 e. The molecule has 0 spiro atoms. The van der Waals surface area contributed by atoms with Crippen LogP contribution in [0.2, 0.25) is 0 Å². The monoisotopic (exact) mass is 304 g/mol. The SMILES string of the molecule is CC(=O)Nc1ccsc1CNCc1cccc2c1OCO2. The van der Waals surface area contributed by atoms with Gasteiger partial charge in [0, 0.05) is 30.5 Å². The van der Waals surface area contributed by atoms with Gasteiger partial charge in [-0.1, -0.05) is 12.1 Å². The van der Waals surface area contributed by atoms with E-state index in [0.717, 1.165) is 27.6 Å². The van der Waals surface area contributed by atoms with Gasteiger partial charge < -0.3 is 20.1 Å². The van der Waals surface area contributed by atoms with Crippen LogP contribution in [0.3, 0.4) is 0 Å². The van der Waals surface area contributed by atoms with E-state index in [1.807, 2.05) is 29.6 Å². The third-order valence-electron chi connectivity index (χ3n) is 3.14. The predicted molar refractivity (Wildman–Crippen MR) is 81.7 cm³/mol. The van der Waals surface area contributed by atoms with E-state index in [-0.39, 0.29) is 12.7 Å². The number of fused-ring (bicyclic) bond motifs is 1. The Hall–Kier alpha value is -2.05. The number of thiophene rings is 1. The zero-order valence-electron chi connectivity index (χ0n) is 11.6. The van der Waals surface area contributed by atoms with Gasteiger partial charge in [0.1, 0.15) is 0 Å². The lowest BCUT2D eigenvalue weighted by Gasteiger charge is -2.08. The standard InChI is InChI=1S/C15H16N2O3S/c1-10(18)17-12-5-6-21-14(12)8-16-7-11-3-2-4-13-15(11)20-9-19-13/h2-6,16H,7-9H2,1H3,(H,17,18). The van der Waals surface area contributed by atoms with Gasteiger partial charge in [-0.15, -0.1) is 11.3 Å². The molecule has 110 valence electrons. The van der Waals surface area contributed by atoms with Gasteiger partial charge in [-0.05, 0) is 17.5 Å². The molecule has 0 atom stereocenters. The number of amides is 1. The highest BCUT2D eigenvalue weighted by Gasteiger charge is 2.16. The number of carbonyl (C=O) groups is 1. The fraction of sp³-hybridized carbons (Fsp3) is 0.267. The summed E-state index contributed by atoms with van der Waals surface area (Å²) in [4.78, 5) is 12.2. The van der Waals surface area contributed by atoms with Crippen LogP contribution in [0.4, 0.5) is 5.69 Å². The van der Waals surface area contributed by atoms with Gasteiger partial charge in [0.05, 0.1) is 5.69 Å². The summed E-state index contributed by atoms with van der Waals surface area (Å²) in [5.41, 5.74) is 1.94. The maximum atomic E-state index is 11.1. The van der Waals surface area contributed by atoms with Crippen LogP contribution >= 0.6 is 11.3 Å². The second kappa shape index (κ2) is 6.15. The highest BCUT2D eigenvalue weighted by atomic mass is 32.1. The van der Waals surface area contributed by atoms with Crippen LogP contribution in [0.1, 0.15) is 17.4 Å². The summed E-state index contributed by atoms with van der Waals surface area (Å²) in [6.07, 6.45) is 0. The normalized spacial score (nSPS) is 12.4. The van der Waals surface area contributed by atoms with Crippen molar-refractivity contribution in [1.82, 2.24) is 5.32 Å². The molecule has 0 saturated heterocycles. The fourth-order valence-corrected chi connectivity index (χ4v) is 3.02. The lowest BCUT2D eigenvalue weighted by molar-refractivity contribution is -0.114. The molecule has 1 amide bonds. The molecule has 6 heteroatoms. The summed E-state index contributed by atoms with van der Waals surface area (Å²) >= 11 is 1.62. The topological polar surface area (TPSA) is 59.6 Å². The number of anilines is 1. The quantitative estimate of drug-likeness (QED) is 0.891. The molecule has 1 aliphatic heterocycles. The van der Waals surface area contributed by atoms with E-state index < -0.39 is 0 Å². The van der Waals surface area contributed by atoms with E-state index in [9.17, 15) is 4.79 Å². The number of hydrogen-bond acceptors (Lipinski definition) is 5. The summed E-state index contributed by atoms with van der Waals surface area (Å²) in [5, 5.41) is 8.17. The largest absolute Gasteiger partial charge is 0.454 e. The van der Waals surface area contributed by atoms with E-state index in [0.29, 0.717) is 13.1 Å². The van der Waals surface area contributed by atoms with Crippen LogP contribution in [0.25, 0.3) is 0 Å². The molecule has 0 fully saturated rings. The third kappa shape index (κ3) is 3.17. The number of rotatable bonds is 5. The molecule has 2 heterocycles. The summed E-state index contributed by atoms with van der Waals surface area (Å²) < 4.78 is 10.8. The van der Waals surface area contributed by atoms with Crippen LogP contribution in [0, 0.1) is 0 Å². The number of hydrogen-bond donors (Lipinski definition) is 2. The lowest BCUT2D eigenvalue weighted by Crippen LogP contribution is -2.14. The summed E-state index contributed by atoms with van der Waals surface area (Å²) in [6, 6.07) is 7.79. The van der Waals surface area contributed by atoms with Gasteiger partial charge in [0.2, 0.25) is 12.7 Å². The average Bonchev–Trinajstić information content (AvgIpc) is 3.08. The zero-order chi connectivity index (χ0) is 14.7. The Kier molecular flexibility index (Phi) is 4.08. The highest BCUT2D eigenvalue weighted by molar-refractivity contribution is 7.10. The molecule has 0 bridgehead atoms. The minimum atomic E-state index is -0.0546. The molecule has 5 nitrogen and oxygen atoms in total. The first-order chi connectivity index (χ1) is 10.2. The Bertz CT molecular complexity index is 654. The van der Waals surface area contributed by atoms with Gasteiger partial charge in [0.15, 0.2) is 11.5 Å². The molecule has 1 aromatic heterocycles. The van der Waals surface area contributed by atoms with Crippen molar-refractivity contribution >= 4 is 22.9 Å². The minimum Gasteiger partial charge on any atom is -0.454 e. The second-order valence-corrected chi connectivity index (χ2v) is 5.69. The molecule has 1 aromatic carbocycles. The Morgan fingerprint density at radius 3 is 3.05 bits per heavy atom. The average molecular weight is 304 g/mol. The lowest BCUT2D eigenvalue weighted by atomic mass is 10.2. The zero-order valence-corrected chi connectivity index (χ0v) is 12.5. The molecule has 0 radical (unpaired) electrons. The van der Waals surface area contributed by atoms with E-state index in [1.165, 1.54) is 6.92 Å². The van der Waals surface area contributed by atoms with Crippen LogP contribution in [-0.4, -0.2) is 12.7 Å². The number of para-hydroxylation sites is 1. The Labute approximate surface area is 126 Å². The van der Waals surface area contributed by atoms with Crippen LogP contribution in [-0.2, 0) is 17.9 Å². The second-order valence-electron chi connectivity index (χ2n) is 4.69. The maximum absolute atomic E-state index is 11.1. The predicted octanol–water partition coefficient (Wildman–Crippen LogP) is 2.73. The van der Waals surface area contributed by atoms with Gasteiger partial charge >= 0.3 is 0 Å². The molecule has 2 aromatic rings. The van der Waals surface area contributed by atoms with Crippen molar-refractivity contribution in [2.75, 3.05) is 12.1 Å². The molecule has 3 rings (SSSR count). The van der Waals surface area contributed by atoms with Gasteiger partial charge in [-0.3, -0.25) is 4.79 Å². The van der Waals surface area contributed by atoms with Crippen molar-refractivity contribution in [3.05, 3.63) is 40.1 Å². The van der Waals surface area contributed by atoms with Crippen molar-refractivity contribution in [2.45, 2.75) is 20.0 Å². The van der Waals surface area contributed by atoms with Crippen LogP contribution in [0.5, 0.6) is 11.5 Å². The summed E-state index contributed by atoms with van der Waals surface area (Å²) in [5.74, 6) is 1.56. The Balaban J connectivity index is 1.61. The molecule has 0 saturated carbocycles. The molecule has 0 unspecified atom stereocenters. The van der Waals surface area contributed by atoms with Gasteiger partial charge in [-0.2, -0.15) is 0 Å². The first-order valence-electron chi connectivity index (χ1n) is 6.66. The van der Waals surface area contributed by atoms with E-state index in [1.54, 1.807) is 11.3 Å². The minimum absolute atomic E-state index is 0.0546. The van der Waals surface area contributed by atoms with Crippen molar-refractivity contribution in [2.24, 2.45) is 0 Å². The van der Waals surface area contributed by atoms with Crippen LogP contribution in [0.15, 0.2) is 29.6 Å². The van der Waals surface area contributed by atoms with E-state index >= 15 is 0 Å². The smallest absolute Gasteiger partial charge is 0.231 e. The highest BCUT2D eigenvalue weighted by Crippen LogP contribution is 2.35. The van der Waals surface area contributed by atoms with Gasteiger partial charge in [0.25, 0.3) is 0 Å². The first kappa shape index (κ1) is 13.9. The number of nitrogens with one attached hydrogen (secondary N) is 2. The Morgan fingerprint density at radius 1 is 1.29 bits per heavy atom. The summed E-state index contributed by atoms with van der Waals surface area (Å²) in [6.45, 7) is 3.17. The van der Waals surface area contributed by atoms with E-state index in [4.69, 9.17) is 9.47 Å². The first-order valence-corrected chi connectivity index (χ1v) is 7.54. The molecule has 0 aliphatic carbocycles. The van der Waals surface area contributed by atoms with Crippen molar-refractivity contribution in [3.8, 4) is 11.5 Å². The van der Waals surface area contributed by atoms with Gasteiger partial charge in [-0.25, -0.2) is 0 Å².